The minimum atomic E-state index is 0.646. The van der Waals surface area contributed by atoms with Gasteiger partial charge in [0.1, 0.15) is 12.4 Å². The second kappa shape index (κ2) is 7.12. The normalized spacial score (nSPS) is 17.1. The van der Waals surface area contributed by atoms with Crippen LogP contribution in [0.2, 0.25) is 0 Å². The second-order valence-corrected chi connectivity index (χ2v) is 5.54. The summed E-state index contributed by atoms with van der Waals surface area (Å²) in [5.41, 5.74) is 0. The van der Waals surface area contributed by atoms with E-state index in [4.69, 9.17) is 9.47 Å². The van der Waals surface area contributed by atoms with Crippen molar-refractivity contribution < 1.29 is 9.47 Å². The molecular formula is C14H20BrNO2. The predicted octanol–water partition coefficient (Wildman–Crippen LogP) is 2.94. The monoisotopic (exact) mass is 313 g/mol. The van der Waals surface area contributed by atoms with Crippen LogP contribution in [-0.4, -0.2) is 44.4 Å². The highest BCUT2D eigenvalue weighted by Gasteiger charge is 2.17. The highest BCUT2D eigenvalue weighted by atomic mass is 79.9. The molecule has 1 aliphatic rings. The molecule has 0 radical (unpaired) electrons. The van der Waals surface area contributed by atoms with Gasteiger partial charge < -0.3 is 9.47 Å². The fourth-order valence-electron chi connectivity index (χ4n) is 2.15. The van der Waals surface area contributed by atoms with Crippen LogP contribution in [0.15, 0.2) is 28.7 Å². The summed E-state index contributed by atoms with van der Waals surface area (Å²) < 4.78 is 12.2. The summed E-state index contributed by atoms with van der Waals surface area (Å²) in [6, 6.07) is 8.61. The lowest BCUT2D eigenvalue weighted by molar-refractivity contribution is 0.0392. The van der Waals surface area contributed by atoms with Crippen LogP contribution >= 0.6 is 15.9 Å². The molecule has 1 saturated heterocycles. The molecule has 1 aromatic rings. The molecule has 0 spiro atoms. The SMILES string of the molecule is CN(CCOc1ccc(Br)cc1)C1CCOCC1. The van der Waals surface area contributed by atoms with Crippen LogP contribution < -0.4 is 4.74 Å². The third-order valence-corrected chi connectivity index (χ3v) is 3.87. The first-order valence-corrected chi connectivity index (χ1v) is 7.21. The maximum Gasteiger partial charge on any atom is 0.119 e. The molecule has 4 heteroatoms. The number of rotatable bonds is 5. The maximum atomic E-state index is 5.73. The average molecular weight is 314 g/mol. The van der Waals surface area contributed by atoms with E-state index in [1.54, 1.807) is 0 Å². The van der Waals surface area contributed by atoms with Crippen molar-refractivity contribution in [1.29, 1.82) is 0 Å². The standard InChI is InChI=1S/C14H20BrNO2/c1-16(13-6-9-17-10-7-13)8-11-18-14-4-2-12(15)3-5-14/h2-5,13H,6-11H2,1H3. The van der Waals surface area contributed by atoms with Crippen LogP contribution in [0.3, 0.4) is 0 Å². The van der Waals surface area contributed by atoms with Crippen LogP contribution in [0.4, 0.5) is 0 Å². The van der Waals surface area contributed by atoms with Gasteiger partial charge in [-0.15, -0.1) is 0 Å². The van der Waals surface area contributed by atoms with Crippen LogP contribution in [0.25, 0.3) is 0 Å². The zero-order valence-corrected chi connectivity index (χ0v) is 12.4. The molecule has 0 aliphatic carbocycles. The number of benzene rings is 1. The van der Waals surface area contributed by atoms with Gasteiger partial charge in [0.15, 0.2) is 0 Å². The number of hydrogen-bond donors (Lipinski definition) is 0. The summed E-state index contributed by atoms with van der Waals surface area (Å²) in [5, 5.41) is 0. The minimum absolute atomic E-state index is 0.646. The van der Waals surface area contributed by atoms with Crippen molar-refractivity contribution in [2.75, 3.05) is 33.4 Å². The molecule has 0 saturated carbocycles. The molecular weight excluding hydrogens is 294 g/mol. The molecule has 0 aromatic heterocycles. The fourth-order valence-corrected chi connectivity index (χ4v) is 2.41. The molecule has 0 bridgehead atoms. The van der Waals surface area contributed by atoms with Gasteiger partial charge in [-0.25, -0.2) is 0 Å². The fraction of sp³-hybridized carbons (Fsp3) is 0.571. The van der Waals surface area contributed by atoms with Crippen LogP contribution in [0.5, 0.6) is 5.75 Å². The predicted molar refractivity (Wildman–Crippen MR) is 76.1 cm³/mol. The molecule has 1 heterocycles. The van der Waals surface area contributed by atoms with Crippen molar-refractivity contribution in [3.05, 3.63) is 28.7 Å². The maximum absolute atomic E-state index is 5.73. The van der Waals surface area contributed by atoms with Gasteiger partial charge in [-0.3, -0.25) is 4.90 Å². The van der Waals surface area contributed by atoms with Crippen LogP contribution in [0, 0.1) is 0 Å². The van der Waals surface area contributed by atoms with Crippen molar-refractivity contribution in [3.63, 3.8) is 0 Å². The highest BCUT2D eigenvalue weighted by molar-refractivity contribution is 9.10. The van der Waals surface area contributed by atoms with E-state index in [1.807, 2.05) is 24.3 Å². The smallest absolute Gasteiger partial charge is 0.119 e. The summed E-state index contributed by atoms with van der Waals surface area (Å²) >= 11 is 3.41. The quantitative estimate of drug-likeness (QED) is 0.834. The molecule has 1 aromatic carbocycles. The minimum Gasteiger partial charge on any atom is -0.492 e. The van der Waals surface area contributed by atoms with Gasteiger partial charge in [0, 0.05) is 30.3 Å². The van der Waals surface area contributed by atoms with Crippen LogP contribution in [0.1, 0.15) is 12.8 Å². The Bertz CT molecular complexity index is 349. The number of nitrogens with zero attached hydrogens (tertiary/aromatic N) is 1. The molecule has 1 fully saturated rings. The molecule has 1 aliphatic heterocycles. The van der Waals surface area contributed by atoms with Crippen molar-refractivity contribution in [2.24, 2.45) is 0 Å². The molecule has 3 nitrogen and oxygen atoms in total. The molecule has 0 atom stereocenters. The van der Waals surface area contributed by atoms with Crippen molar-refractivity contribution in [2.45, 2.75) is 18.9 Å². The Kier molecular flexibility index (Phi) is 5.47. The van der Waals surface area contributed by atoms with Gasteiger partial charge >= 0.3 is 0 Å². The first-order chi connectivity index (χ1) is 8.75. The summed E-state index contributed by atoms with van der Waals surface area (Å²) in [5.74, 6) is 0.929. The summed E-state index contributed by atoms with van der Waals surface area (Å²) in [6.07, 6.45) is 2.27. The van der Waals surface area contributed by atoms with Gasteiger partial charge in [-0.05, 0) is 44.2 Å². The van der Waals surface area contributed by atoms with Gasteiger partial charge in [-0.2, -0.15) is 0 Å². The zero-order valence-electron chi connectivity index (χ0n) is 10.8. The van der Waals surface area contributed by atoms with Crippen LogP contribution in [-0.2, 0) is 4.74 Å². The summed E-state index contributed by atoms with van der Waals surface area (Å²) in [4.78, 5) is 2.38. The number of likely N-dealkylation sites (N-methyl/N-ethyl adjacent to an activating group) is 1. The highest BCUT2D eigenvalue weighted by Crippen LogP contribution is 2.16. The van der Waals surface area contributed by atoms with E-state index in [1.165, 1.54) is 0 Å². The van der Waals surface area contributed by atoms with E-state index in [-0.39, 0.29) is 0 Å². The Balaban J connectivity index is 1.69. The van der Waals surface area contributed by atoms with Crippen molar-refractivity contribution in [3.8, 4) is 5.75 Å². The zero-order chi connectivity index (χ0) is 12.8. The van der Waals surface area contributed by atoms with Gasteiger partial charge in [0.05, 0.1) is 0 Å². The van der Waals surface area contributed by atoms with E-state index in [0.29, 0.717) is 6.04 Å². The Hall–Kier alpha value is -0.580. The molecule has 2 rings (SSSR count). The first kappa shape index (κ1) is 13.8. The summed E-state index contributed by atoms with van der Waals surface area (Å²) in [7, 11) is 2.17. The lowest BCUT2D eigenvalue weighted by Gasteiger charge is -2.30. The Morgan fingerprint density at radius 1 is 1.28 bits per heavy atom. The summed E-state index contributed by atoms with van der Waals surface area (Å²) in [6.45, 7) is 3.47. The van der Waals surface area contributed by atoms with E-state index in [2.05, 4.69) is 27.9 Å². The topological polar surface area (TPSA) is 21.7 Å². The molecule has 0 N–H and O–H groups in total. The van der Waals surface area contributed by atoms with E-state index < -0.39 is 0 Å². The van der Waals surface area contributed by atoms with Gasteiger partial charge in [0.25, 0.3) is 0 Å². The molecule has 0 unspecified atom stereocenters. The lowest BCUT2D eigenvalue weighted by atomic mass is 10.1. The average Bonchev–Trinajstić information content (AvgIpc) is 2.42. The first-order valence-electron chi connectivity index (χ1n) is 6.42. The number of halogens is 1. The van der Waals surface area contributed by atoms with Gasteiger partial charge in [-0.1, -0.05) is 15.9 Å². The van der Waals surface area contributed by atoms with E-state index in [0.717, 1.165) is 49.4 Å². The number of ether oxygens (including phenoxy) is 2. The Labute approximate surface area is 117 Å². The van der Waals surface area contributed by atoms with Crippen molar-refractivity contribution >= 4 is 15.9 Å². The lowest BCUT2D eigenvalue weighted by Crippen LogP contribution is -2.38. The van der Waals surface area contributed by atoms with E-state index >= 15 is 0 Å². The third-order valence-electron chi connectivity index (χ3n) is 3.34. The molecule has 100 valence electrons. The third kappa shape index (κ3) is 4.26. The largest absolute Gasteiger partial charge is 0.492 e. The van der Waals surface area contributed by atoms with E-state index in [9.17, 15) is 0 Å². The Morgan fingerprint density at radius 3 is 2.61 bits per heavy atom. The van der Waals surface area contributed by atoms with Crippen molar-refractivity contribution in [1.82, 2.24) is 4.90 Å². The molecule has 18 heavy (non-hydrogen) atoms. The Morgan fingerprint density at radius 2 is 1.94 bits per heavy atom. The second-order valence-electron chi connectivity index (χ2n) is 4.63. The number of hydrogen-bond acceptors (Lipinski definition) is 3. The van der Waals surface area contributed by atoms with Gasteiger partial charge in [0.2, 0.25) is 0 Å². The molecule has 0 amide bonds.